The van der Waals surface area contributed by atoms with E-state index in [0.29, 0.717) is 0 Å². The summed E-state index contributed by atoms with van der Waals surface area (Å²) in [7, 11) is 0. The van der Waals surface area contributed by atoms with Gasteiger partial charge in [0, 0.05) is 0 Å². The Labute approximate surface area is 103 Å². The molecule has 18 heavy (non-hydrogen) atoms. The Kier molecular flexibility index (Phi) is 2.34. The first-order valence-electron chi connectivity index (χ1n) is 5.56. The van der Waals surface area contributed by atoms with Crippen LogP contribution in [0.4, 0.5) is 4.79 Å². The maximum atomic E-state index is 11.5. The van der Waals surface area contributed by atoms with Gasteiger partial charge in [0.1, 0.15) is 5.70 Å². The van der Waals surface area contributed by atoms with Gasteiger partial charge in [-0.25, -0.2) is 4.79 Å². The van der Waals surface area contributed by atoms with Gasteiger partial charge in [-0.05, 0) is 22.4 Å². The van der Waals surface area contributed by atoms with Crippen LogP contribution < -0.4 is 10.6 Å². The van der Waals surface area contributed by atoms with E-state index in [-0.39, 0.29) is 5.70 Å². The maximum Gasteiger partial charge on any atom is 0.326 e. The van der Waals surface area contributed by atoms with Crippen molar-refractivity contribution in [3.05, 3.63) is 53.7 Å². The Hall–Kier alpha value is -2.62. The zero-order valence-electron chi connectivity index (χ0n) is 9.44. The molecule has 4 nitrogen and oxygen atoms in total. The third-order valence-corrected chi connectivity index (χ3v) is 2.84. The number of benzene rings is 2. The van der Waals surface area contributed by atoms with Crippen LogP contribution in [0.2, 0.25) is 0 Å². The second-order valence-electron chi connectivity index (χ2n) is 4.03. The van der Waals surface area contributed by atoms with Crippen LogP contribution in [0.3, 0.4) is 0 Å². The molecular formula is C14H10N2O2. The van der Waals surface area contributed by atoms with Gasteiger partial charge in [-0.15, -0.1) is 0 Å². The molecule has 1 heterocycles. The number of fused-ring (bicyclic) bond motifs is 1. The van der Waals surface area contributed by atoms with Gasteiger partial charge in [0.15, 0.2) is 0 Å². The third-order valence-electron chi connectivity index (χ3n) is 2.84. The van der Waals surface area contributed by atoms with Crippen molar-refractivity contribution < 1.29 is 9.59 Å². The zero-order chi connectivity index (χ0) is 12.5. The Balaban J connectivity index is 2.13. The van der Waals surface area contributed by atoms with Crippen molar-refractivity contribution in [3.63, 3.8) is 0 Å². The minimum atomic E-state index is -0.480. The van der Waals surface area contributed by atoms with Crippen molar-refractivity contribution in [2.45, 2.75) is 0 Å². The lowest BCUT2D eigenvalue weighted by Gasteiger charge is -2.02. The van der Waals surface area contributed by atoms with E-state index in [1.165, 1.54) is 0 Å². The minimum Gasteiger partial charge on any atom is -0.303 e. The second kappa shape index (κ2) is 4.00. The van der Waals surface area contributed by atoms with Gasteiger partial charge < -0.3 is 5.32 Å². The summed E-state index contributed by atoms with van der Waals surface area (Å²) < 4.78 is 0. The molecule has 0 radical (unpaired) electrons. The second-order valence-corrected chi connectivity index (χ2v) is 4.03. The summed E-state index contributed by atoms with van der Waals surface area (Å²) in [4.78, 5) is 22.5. The highest BCUT2D eigenvalue weighted by Crippen LogP contribution is 2.20. The number of hydrogen-bond donors (Lipinski definition) is 2. The molecule has 88 valence electrons. The lowest BCUT2D eigenvalue weighted by Crippen LogP contribution is -2.22. The van der Waals surface area contributed by atoms with E-state index in [1.807, 2.05) is 42.5 Å². The summed E-state index contributed by atoms with van der Waals surface area (Å²) >= 11 is 0. The molecule has 3 amide bonds. The SMILES string of the molecule is O=C1NC(=O)/C(=C/c2cccc3ccccc23)N1. The molecule has 3 rings (SSSR count). The Bertz CT molecular complexity index is 684. The first-order chi connectivity index (χ1) is 8.74. The normalized spacial score (nSPS) is 17.0. The number of nitrogens with one attached hydrogen (secondary N) is 2. The van der Waals surface area contributed by atoms with Crippen LogP contribution >= 0.6 is 0 Å². The van der Waals surface area contributed by atoms with Gasteiger partial charge in [0.25, 0.3) is 5.91 Å². The molecule has 1 fully saturated rings. The summed E-state index contributed by atoms with van der Waals surface area (Å²) in [5.74, 6) is -0.395. The molecule has 0 bridgehead atoms. The summed E-state index contributed by atoms with van der Waals surface area (Å²) in [6.07, 6.45) is 1.68. The first kappa shape index (κ1) is 10.5. The Morgan fingerprint density at radius 3 is 2.44 bits per heavy atom. The maximum absolute atomic E-state index is 11.5. The fourth-order valence-corrected chi connectivity index (χ4v) is 2.01. The smallest absolute Gasteiger partial charge is 0.303 e. The van der Waals surface area contributed by atoms with Crippen molar-refractivity contribution >= 4 is 28.8 Å². The molecule has 4 heteroatoms. The van der Waals surface area contributed by atoms with Gasteiger partial charge in [-0.3, -0.25) is 10.1 Å². The topological polar surface area (TPSA) is 58.2 Å². The highest BCUT2D eigenvalue weighted by Gasteiger charge is 2.22. The molecule has 0 aliphatic carbocycles. The van der Waals surface area contributed by atoms with E-state index >= 15 is 0 Å². The van der Waals surface area contributed by atoms with Crippen LogP contribution in [0.1, 0.15) is 5.56 Å². The van der Waals surface area contributed by atoms with Crippen LogP contribution in [0.5, 0.6) is 0 Å². The summed E-state index contributed by atoms with van der Waals surface area (Å²) in [6.45, 7) is 0. The van der Waals surface area contributed by atoms with Crippen LogP contribution in [-0.4, -0.2) is 11.9 Å². The lowest BCUT2D eigenvalue weighted by molar-refractivity contribution is -0.115. The number of carbonyl (C=O) groups is 2. The van der Waals surface area contributed by atoms with E-state index in [4.69, 9.17) is 0 Å². The van der Waals surface area contributed by atoms with Gasteiger partial charge in [0.05, 0.1) is 0 Å². The van der Waals surface area contributed by atoms with Crippen LogP contribution in [0, 0.1) is 0 Å². The number of carbonyl (C=O) groups excluding carboxylic acids is 2. The standard InChI is InChI=1S/C14H10N2O2/c17-13-12(15-14(18)16-13)8-10-6-3-5-9-4-1-2-7-11(9)10/h1-8H,(H2,15,16,17,18)/b12-8-. The molecule has 2 aromatic carbocycles. The number of urea groups is 1. The van der Waals surface area contributed by atoms with E-state index in [2.05, 4.69) is 10.6 Å². The molecule has 0 aromatic heterocycles. The summed E-state index contributed by atoms with van der Waals surface area (Å²) in [6, 6.07) is 13.2. The van der Waals surface area contributed by atoms with Crippen molar-refractivity contribution in [2.24, 2.45) is 0 Å². The van der Waals surface area contributed by atoms with Crippen molar-refractivity contribution in [2.75, 3.05) is 0 Å². The molecular weight excluding hydrogens is 228 g/mol. The quantitative estimate of drug-likeness (QED) is 0.590. The van der Waals surface area contributed by atoms with Crippen molar-refractivity contribution in [3.8, 4) is 0 Å². The van der Waals surface area contributed by atoms with E-state index in [9.17, 15) is 9.59 Å². The molecule has 0 unspecified atom stereocenters. The Morgan fingerprint density at radius 2 is 1.67 bits per heavy atom. The fraction of sp³-hybridized carbons (Fsp3) is 0. The van der Waals surface area contributed by atoms with Crippen molar-refractivity contribution in [1.29, 1.82) is 0 Å². The number of hydrogen-bond acceptors (Lipinski definition) is 2. The fourth-order valence-electron chi connectivity index (χ4n) is 2.01. The predicted molar refractivity (Wildman–Crippen MR) is 68.6 cm³/mol. The average molecular weight is 238 g/mol. The van der Waals surface area contributed by atoms with E-state index in [0.717, 1.165) is 16.3 Å². The Morgan fingerprint density at radius 1 is 0.889 bits per heavy atom. The lowest BCUT2D eigenvalue weighted by atomic mass is 10.0. The van der Waals surface area contributed by atoms with Gasteiger partial charge in [0.2, 0.25) is 0 Å². The van der Waals surface area contributed by atoms with Gasteiger partial charge in [-0.1, -0.05) is 42.5 Å². The molecule has 1 saturated heterocycles. The first-order valence-corrected chi connectivity index (χ1v) is 5.56. The van der Waals surface area contributed by atoms with E-state index in [1.54, 1.807) is 6.08 Å². The molecule has 1 aliphatic heterocycles. The van der Waals surface area contributed by atoms with E-state index < -0.39 is 11.9 Å². The molecule has 0 spiro atoms. The molecule has 1 aliphatic rings. The van der Waals surface area contributed by atoms with Gasteiger partial charge >= 0.3 is 6.03 Å². The molecule has 0 saturated carbocycles. The molecule has 2 N–H and O–H groups in total. The molecule has 0 atom stereocenters. The number of imide groups is 1. The summed E-state index contributed by atoms with van der Waals surface area (Å²) in [5.41, 5.74) is 1.18. The highest BCUT2D eigenvalue weighted by molar-refractivity contribution is 6.14. The minimum absolute atomic E-state index is 0.274. The summed E-state index contributed by atoms with van der Waals surface area (Å²) in [5, 5.41) is 6.79. The average Bonchev–Trinajstić information content (AvgIpc) is 2.68. The van der Waals surface area contributed by atoms with Crippen LogP contribution in [0.15, 0.2) is 48.2 Å². The van der Waals surface area contributed by atoms with Crippen molar-refractivity contribution in [1.82, 2.24) is 10.6 Å². The highest BCUT2D eigenvalue weighted by atomic mass is 16.2. The van der Waals surface area contributed by atoms with Gasteiger partial charge in [-0.2, -0.15) is 0 Å². The third kappa shape index (κ3) is 1.73. The van der Waals surface area contributed by atoms with Crippen LogP contribution in [0.25, 0.3) is 16.8 Å². The van der Waals surface area contributed by atoms with Crippen LogP contribution in [-0.2, 0) is 4.79 Å². The number of amides is 3. The zero-order valence-corrected chi connectivity index (χ0v) is 9.44. The largest absolute Gasteiger partial charge is 0.326 e. The monoisotopic (exact) mass is 238 g/mol. The number of rotatable bonds is 1. The predicted octanol–water partition coefficient (Wildman–Crippen LogP) is 2.02. The molecule has 2 aromatic rings.